The van der Waals surface area contributed by atoms with Crippen LogP contribution in [-0.4, -0.2) is 25.5 Å². The fourth-order valence-corrected chi connectivity index (χ4v) is 4.92. The molecule has 0 saturated carbocycles. The van der Waals surface area contributed by atoms with Crippen LogP contribution >= 0.6 is 11.6 Å². The molecule has 0 fully saturated rings. The van der Waals surface area contributed by atoms with Gasteiger partial charge >= 0.3 is 0 Å². The van der Waals surface area contributed by atoms with Gasteiger partial charge in [-0.05, 0) is 49.2 Å². The van der Waals surface area contributed by atoms with E-state index in [-0.39, 0.29) is 10.3 Å². The number of alkyl halides is 1. The summed E-state index contributed by atoms with van der Waals surface area (Å²) < 4.78 is 0. The highest BCUT2D eigenvalue weighted by Gasteiger charge is 2.54. The normalized spacial score (nSPS) is 29.3. The molecule has 0 amide bonds. The molecule has 1 nitrogen and oxygen atoms in total. The Morgan fingerprint density at radius 3 is 1.81 bits per heavy atom. The largest absolute Gasteiger partial charge is 0.308 e. The van der Waals surface area contributed by atoms with Crippen LogP contribution in [0.3, 0.4) is 0 Å². The number of nitrogens with zero attached hydrogens (tertiary/aromatic N) is 1. The van der Waals surface area contributed by atoms with Crippen molar-refractivity contribution in [2.45, 2.75) is 23.1 Å². The molecule has 0 heterocycles. The van der Waals surface area contributed by atoms with Gasteiger partial charge in [0.05, 0.1) is 4.87 Å². The Balaban J connectivity index is 2.07. The molecule has 0 N–H and O–H groups in total. The lowest BCUT2D eigenvalue weighted by atomic mass is 9.54. The first kappa shape index (κ1) is 13.4. The molecular weight excluding hydrogens is 278 g/mol. The molecule has 0 atom stereocenters. The molecule has 0 spiro atoms. The summed E-state index contributed by atoms with van der Waals surface area (Å²) in [7, 11) is 4.33. The molecular formula is C19H20ClN. The quantitative estimate of drug-likeness (QED) is 0.754. The van der Waals surface area contributed by atoms with E-state index >= 15 is 0 Å². The van der Waals surface area contributed by atoms with Gasteiger partial charge in [-0.15, -0.1) is 11.6 Å². The number of halogens is 1. The number of hydrogen-bond donors (Lipinski definition) is 0. The van der Waals surface area contributed by atoms with E-state index < -0.39 is 0 Å². The van der Waals surface area contributed by atoms with Crippen LogP contribution in [0.2, 0.25) is 0 Å². The minimum Gasteiger partial charge on any atom is -0.308 e. The summed E-state index contributed by atoms with van der Waals surface area (Å²) in [5.41, 5.74) is 5.59. The molecule has 0 radical (unpaired) electrons. The van der Waals surface area contributed by atoms with Crippen LogP contribution in [0.25, 0.3) is 0 Å². The van der Waals surface area contributed by atoms with Crippen LogP contribution in [0, 0.1) is 0 Å². The van der Waals surface area contributed by atoms with Gasteiger partial charge in [-0.1, -0.05) is 48.5 Å². The molecule has 0 aromatic heterocycles. The van der Waals surface area contributed by atoms with Gasteiger partial charge in [-0.2, -0.15) is 0 Å². The summed E-state index contributed by atoms with van der Waals surface area (Å²) in [6, 6.07) is 17.6. The topological polar surface area (TPSA) is 3.24 Å². The van der Waals surface area contributed by atoms with Crippen molar-refractivity contribution in [1.29, 1.82) is 0 Å². The molecule has 108 valence electrons. The third-order valence-electron chi connectivity index (χ3n) is 5.22. The van der Waals surface area contributed by atoms with Gasteiger partial charge in [-0.3, -0.25) is 0 Å². The van der Waals surface area contributed by atoms with E-state index in [1.165, 1.54) is 22.3 Å². The van der Waals surface area contributed by atoms with E-state index in [9.17, 15) is 0 Å². The Hall–Kier alpha value is -1.31. The van der Waals surface area contributed by atoms with E-state index in [0.717, 1.165) is 19.4 Å². The van der Waals surface area contributed by atoms with Crippen LogP contribution < -0.4 is 0 Å². The van der Waals surface area contributed by atoms with E-state index in [0.29, 0.717) is 0 Å². The fourth-order valence-electron chi connectivity index (χ4n) is 4.50. The van der Waals surface area contributed by atoms with Crippen LogP contribution in [0.1, 0.15) is 35.1 Å². The summed E-state index contributed by atoms with van der Waals surface area (Å²) in [5, 5.41) is 0. The number of fused-ring (bicyclic) bond motifs is 1. The van der Waals surface area contributed by atoms with E-state index in [4.69, 9.17) is 11.6 Å². The van der Waals surface area contributed by atoms with Crippen LogP contribution in [-0.2, 0) is 10.3 Å². The highest BCUT2D eigenvalue weighted by molar-refractivity contribution is 6.27. The van der Waals surface area contributed by atoms with Crippen molar-refractivity contribution in [3.8, 4) is 0 Å². The average Bonchev–Trinajstić information content (AvgIpc) is 2.50. The van der Waals surface area contributed by atoms with Crippen LogP contribution in [0.5, 0.6) is 0 Å². The van der Waals surface area contributed by atoms with Crippen molar-refractivity contribution in [2.75, 3.05) is 20.6 Å². The second-order valence-corrected chi connectivity index (χ2v) is 7.36. The molecule has 2 heteroatoms. The lowest BCUT2D eigenvalue weighted by Crippen LogP contribution is -2.51. The number of hydrogen-bond acceptors (Lipinski definition) is 1. The van der Waals surface area contributed by atoms with Crippen molar-refractivity contribution in [3.05, 3.63) is 70.8 Å². The van der Waals surface area contributed by atoms with Gasteiger partial charge in [0.25, 0.3) is 0 Å². The third-order valence-corrected chi connectivity index (χ3v) is 5.82. The highest BCUT2D eigenvalue weighted by atomic mass is 35.5. The first-order valence-electron chi connectivity index (χ1n) is 7.61. The smallest absolute Gasteiger partial charge is 0.0950 e. The van der Waals surface area contributed by atoms with Gasteiger partial charge in [0.1, 0.15) is 0 Å². The molecule has 0 unspecified atom stereocenters. The lowest BCUT2D eigenvalue weighted by molar-refractivity contribution is 0.258. The fraction of sp³-hybridized carbons (Fsp3) is 0.368. The van der Waals surface area contributed by atoms with Crippen molar-refractivity contribution >= 4 is 11.6 Å². The molecule has 21 heavy (non-hydrogen) atoms. The number of rotatable bonds is 2. The van der Waals surface area contributed by atoms with Crippen LogP contribution in [0.15, 0.2) is 48.5 Å². The molecule has 2 bridgehead atoms. The Morgan fingerprint density at radius 2 is 1.33 bits per heavy atom. The summed E-state index contributed by atoms with van der Waals surface area (Å²) >= 11 is 7.14. The SMILES string of the molecule is CN(C)CC12CCC(Cl)(c3ccccc31)c1ccccc12. The van der Waals surface area contributed by atoms with Crippen molar-refractivity contribution < 1.29 is 0 Å². The zero-order valence-electron chi connectivity index (χ0n) is 12.6. The van der Waals surface area contributed by atoms with Gasteiger partial charge in [0, 0.05) is 12.0 Å². The standard InChI is InChI=1S/C19H20ClN/c1-21(2)13-18-11-12-19(20,16-9-5-3-7-14(16)18)17-10-6-4-8-15(17)18/h3-10H,11-13H2,1-2H3. The van der Waals surface area contributed by atoms with Gasteiger partial charge in [0.15, 0.2) is 0 Å². The zero-order chi connectivity index (χ0) is 14.7. The first-order chi connectivity index (χ1) is 10.1. The monoisotopic (exact) mass is 297 g/mol. The molecule has 0 saturated heterocycles. The summed E-state index contributed by atoms with van der Waals surface area (Å²) in [5.74, 6) is 0. The third kappa shape index (κ3) is 1.62. The second-order valence-electron chi connectivity index (χ2n) is 6.71. The van der Waals surface area contributed by atoms with E-state index in [1.807, 2.05) is 0 Å². The van der Waals surface area contributed by atoms with Crippen LogP contribution in [0.4, 0.5) is 0 Å². The summed E-state index contributed by atoms with van der Waals surface area (Å²) in [6.45, 7) is 1.04. The van der Waals surface area contributed by atoms with Crippen molar-refractivity contribution in [2.24, 2.45) is 0 Å². The number of benzene rings is 2. The highest BCUT2D eigenvalue weighted by Crippen LogP contribution is 2.61. The molecule has 5 rings (SSSR count). The van der Waals surface area contributed by atoms with E-state index in [2.05, 4.69) is 67.5 Å². The number of likely N-dealkylation sites (N-methyl/N-ethyl adjacent to an activating group) is 1. The molecule has 3 aliphatic carbocycles. The summed E-state index contributed by atoms with van der Waals surface area (Å²) in [4.78, 5) is 1.97. The second kappa shape index (κ2) is 4.34. The minimum atomic E-state index is -0.332. The Bertz CT molecular complexity index is 657. The first-order valence-corrected chi connectivity index (χ1v) is 7.99. The average molecular weight is 298 g/mol. The molecule has 2 aromatic carbocycles. The Morgan fingerprint density at radius 1 is 0.857 bits per heavy atom. The van der Waals surface area contributed by atoms with E-state index in [1.54, 1.807) is 0 Å². The van der Waals surface area contributed by atoms with Crippen molar-refractivity contribution in [3.63, 3.8) is 0 Å². The maximum Gasteiger partial charge on any atom is 0.0950 e. The predicted molar refractivity (Wildman–Crippen MR) is 88.1 cm³/mol. The van der Waals surface area contributed by atoms with Gasteiger partial charge in [-0.25, -0.2) is 0 Å². The van der Waals surface area contributed by atoms with Gasteiger partial charge < -0.3 is 4.90 Å². The van der Waals surface area contributed by atoms with Gasteiger partial charge in [0.2, 0.25) is 0 Å². The molecule has 2 aromatic rings. The lowest BCUT2D eigenvalue weighted by Gasteiger charge is -2.54. The maximum absolute atomic E-state index is 7.14. The minimum absolute atomic E-state index is 0.0906. The maximum atomic E-state index is 7.14. The predicted octanol–water partition coefficient (Wildman–Crippen LogP) is 4.12. The zero-order valence-corrected chi connectivity index (χ0v) is 13.3. The van der Waals surface area contributed by atoms with Crippen molar-refractivity contribution in [1.82, 2.24) is 4.90 Å². The Labute approximate surface area is 131 Å². The molecule has 3 aliphatic rings. The Kier molecular flexibility index (Phi) is 2.76. The molecule has 0 aliphatic heterocycles. The summed E-state index contributed by atoms with van der Waals surface area (Å²) in [6.07, 6.45) is 2.15.